The van der Waals surface area contributed by atoms with Gasteiger partial charge in [0, 0.05) is 0 Å². The Bertz CT molecular complexity index is 108. The summed E-state index contributed by atoms with van der Waals surface area (Å²) in [5.41, 5.74) is 0. The Balaban J connectivity index is 2.20. The molecular weight excluding hydrogens is 140 g/mol. The third-order valence-electron chi connectivity index (χ3n) is 2.35. The van der Waals surface area contributed by atoms with Gasteiger partial charge in [0.2, 0.25) is 0 Å². The molecule has 0 spiro atoms. The maximum absolute atomic E-state index is 8.33. The summed E-state index contributed by atoms with van der Waals surface area (Å²) >= 11 is 0. The van der Waals surface area contributed by atoms with E-state index in [9.17, 15) is 0 Å². The monoisotopic (exact) mass is 158 g/mol. The Hall–Kier alpha value is -0.0800. The van der Waals surface area contributed by atoms with Gasteiger partial charge in [-0.15, -0.1) is 0 Å². The molecule has 0 radical (unpaired) electrons. The second-order valence-corrected chi connectivity index (χ2v) is 4.02. The molecule has 1 aliphatic carbocycles. The molecular formula is C9H18O2. The molecule has 0 aromatic carbocycles. The van der Waals surface area contributed by atoms with E-state index in [0.717, 1.165) is 11.8 Å². The molecule has 1 saturated carbocycles. The molecule has 1 aliphatic rings. The van der Waals surface area contributed by atoms with Crippen molar-refractivity contribution in [1.82, 2.24) is 0 Å². The standard InChI is InChI=1S/C9H18O2/c1-7(2)5-9(6-11-10)8-3-4-8/h7-10H,3-6H2,1-2H3. The highest BCUT2D eigenvalue weighted by Crippen LogP contribution is 2.39. The lowest BCUT2D eigenvalue weighted by Gasteiger charge is -2.15. The van der Waals surface area contributed by atoms with Gasteiger partial charge in [0.25, 0.3) is 0 Å². The number of hydrogen-bond acceptors (Lipinski definition) is 2. The van der Waals surface area contributed by atoms with E-state index >= 15 is 0 Å². The predicted molar refractivity (Wildman–Crippen MR) is 44.2 cm³/mol. The first-order valence-electron chi connectivity index (χ1n) is 4.50. The summed E-state index contributed by atoms with van der Waals surface area (Å²) in [5.74, 6) is 2.15. The third kappa shape index (κ3) is 3.21. The smallest absolute Gasteiger partial charge is 0.0850 e. The molecule has 0 aromatic heterocycles. The average Bonchev–Trinajstić information content (AvgIpc) is 2.66. The van der Waals surface area contributed by atoms with E-state index in [4.69, 9.17) is 5.26 Å². The molecule has 1 unspecified atom stereocenters. The molecule has 0 bridgehead atoms. The normalized spacial score (nSPS) is 20.7. The molecule has 0 aliphatic heterocycles. The highest BCUT2D eigenvalue weighted by atomic mass is 17.1. The van der Waals surface area contributed by atoms with Crippen molar-refractivity contribution in [2.45, 2.75) is 33.1 Å². The van der Waals surface area contributed by atoms with E-state index < -0.39 is 0 Å². The van der Waals surface area contributed by atoms with E-state index in [1.165, 1.54) is 19.3 Å². The topological polar surface area (TPSA) is 29.5 Å². The summed E-state index contributed by atoms with van der Waals surface area (Å²) in [5, 5.41) is 8.33. The lowest BCUT2D eigenvalue weighted by molar-refractivity contribution is -0.253. The van der Waals surface area contributed by atoms with Crippen LogP contribution in [0.25, 0.3) is 0 Å². The predicted octanol–water partition coefficient (Wildman–Crippen LogP) is 2.55. The summed E-state index contributed by atoms with van der Waals surface area (Å²) in [6, 6.07) is 0. The van der Waals surface area contributed by atoms with Crippen LogP contribution in [0.1, 0.15) is 33.1 Å². The average molecular weight is 158 g/mol. The van der Waals surface area contributed by atoms with E-state index in [2.05, 4.69) is 18.7 Å². The Morgan fingerprint density at radius 2 is 2.09 bits per heavy atom. The maximum Gasteiger partial charge on any atom is 0.0850 e. The van der Waals surface area contributed by atoms with Crippen LogP contribution in [0.15, 0.2) is 0 Å². The van der Waals surface area contributed by atoms with E-state index in [0.29, 0.717) is 12.5 Å². The summed E-state index contributed by atoms with van der Waals surface area (Å²) in [6.45, 7) is 4.96. The molecule has 0 aromatic rings. The molecule has 66 valence electrons. The zero-order valence-corrected chi connectivity index (χ0v) is 7.42. The zero-order chi connectivity index (χ0) is 8.27. The molecule has 1 rings (SSSR count). The van der Waals surface area contributed by atoms with Crippen LogP contribution in [0.4, 0.5) is 0 Å². The van der Waals surface area contributed by atoms with Gasteiger partial charge in [-0.2, -0.15) is 0 Å². The Morgan fingerprint density at radius 1 is 1.45 bits per heavy atom. The summed E-state index contributed by atoms with van der Waals surface area (Å²) in [7, 11) is 0. The largest absolute Gasteiger partial charge is 0.252 e. The van der Waals surface area contributed by atoms with Gasteiger partial charge in [-0.1, -0.05) is 13.8 Å². The zero-order valence-electron chi connectivity index (χ0n) is 7.42. The number of rotatable bonds is 5. The van der Waals surface area contributed by atoms with Crippen LogP contribution >= 0.6 is 0 Å². The molecule has 0 amide bonds. The quantitative estimate of drug-likeness (QED) is 0.492. The van der Waals surface area contributed by atoms with Crippen LogP contribution in [0.3, 0.4) is 0 Å². The van der Waals surface area contributed by atoms with Gasteiger partial charge in [0.15, 0.2) is 0 Å². The third-order valence-corrected chi connectivity index (χ3v) is 2.35. The Labute approximate surface area is 68.5 Å². The van der Waals surface area contributed by atoms with Crippen LogP contribution in [0.5, 0.6) is 0 Å². The molecule has 2 heteroatoms. The fourth-order valence-corrected chi connectivity index (χ4v) is 1.67. The van der Waals surface area contributed by atoms with Gasteiger partial charge in [-0.3, -0.25) is 5.26 Å². The molecule has 1 N–H and O–H groups in total. The minimum atomic E-state index is 0.531. The fraction of sp³-hybridized carbons (Fsp3) is 1.00. The second-order valence-electron chi connectivity index (χ2n) is 4.02. The van der Waals surface area contributed by atoms with Crippen molar-refractivity contribution in [3.05, 3.63) is 0 Å². The Morgan fingerprint density at radius 3 is 2.45 bits per heavy atom. The van der Waals surface area contributed by atoms with Crippen molar-refractivity contribution in [2.75, 3.05) is 6.61 Å². The van der Waals surface area contributed by atoms with Crippen LogP contribution in [0, 0.1) is 17.8 Å². The minimum absolute atomic E-state index is 0.531. The fourth-order valence-electron chi connectivity index (χ4n) is 1.67. The molecule has 11 heavy (non-hydrogen) atoms. The summed E-state index contributed by atoms with van der Waals surface area (Å²) < 4.78 is 0. The first-order valence-corrected chi connectivity index (χ1v) is 4.50. The highest BCUT2D eigenvalue weighted by molar-refractivity contribution is 4.81. The lowest BCUT2D eigenvalue weighted by Crippen LogP contribution is -2.13. The van der Waals surface area contributed by atoms with Crippen molar-refractivity contribution >= 4 is 0 Å². The van der Waals surface area contributed by atoms with Crippen molar-refractivity contribution in [2.24, 2.45) is 17.8 Å². The first-order chi connectivity index (χ1) is 5.24. The molecule has 0 heterocycles. The van der Waals surface area contributed by atoms with Crippen molar-refractivity contribution in [3.63, 3.8) is 0 Å². The van der Waals surface area contributed by atoms with Gasteiger partial charge >= 0.3 is 0 Å². The van der Waals surface area contributed by atoms with E-state index in [-0.39, 0.29) is 0 Å². The van der Waals surface area contributed by atoms with Crippen LogP contribution < -0.4 is 0 Å². The second kappa shape index (κ2) is 4.07. The highest BCUT2D eigenvalue weighted by Gasteiger charge is 2.31. The van der Waals surface area contributed by atoms with Gasteiger partial charge in [0.1, 0.15) is 0 Å². The van der Waals surface area contributed by atoms with Crippen molar-refractivity contribution in [1.29, 1.82) is 0 Å². The van der Waals surface area contributed by atoms with Crippen molar-refractivity contribution in [3.8, 4) is 0 Å². The maximum atomic E-state index is 8.33. The minimum Gasteiger partial charge on any atom is -0.252 e. The molecule has 2 nitrogen and oxygen atoms in total. The van der Waals surface area contributed by atoms with Crippen molar-refractivity contribution < 1.29 is 10.1 Å². The molecule has 1 fully saturated rings. The van der Waals surface area contributed by atoms with Crippen LogP contribution in [0.2, 0.25) is 0 Å². The number of hydrogen-bond donors (Lipinski definition) is 1. The van der Waals surface area contributed by atoms with Gasteiger partial charge in [0.05, 0.1) is 6.61 Å². The van der Waals surface area contributed by atoms with Crippen LogP contribution in [-0.2, 0) is 4.89 Å². The molecule has 1 atom stereocenters. The van der Waals surface area contributed by atoms with E-state index in [1.54, 1.807) is 0 Å². The van der Waals surface area contributed by atoms with Gasteiger partial charge in [-0.25, -0.2) is 4.89 Å². The summed E-state index contributed by atoms with van der Waals surface area (Å²) in [6.07, 6.45) is 3.85. The van der Waals surface area contributed by atoms with Gasteiger partial charge < -0.3 is 0 Å². The SMILES string of the molecule is CC(C)CC(COO)C1CC1. The Kier molecular flexibility index (Phi) is 3.34. The van der Waals surface area contributed by atoms with E-state index in [1.807, 2.05) is 0 Å². The summed E-state index contributed by atoms with van der Waals surface area (Å²) in [4.78, 5) is 4.21. The lowest BCUT2D eigenvalue weighted by atomic mass is 9.94. The van der Waals surface area contributed by atoms with Crippen LogP contribution in [-0.4, -0.2) is 11.9 Å². The van der Waals surface area contributed by atoms with Gasteiger partial charge in [-0.05, 0) is 37.0 Å². The molecule has 0 saturated heterocycles. The first kappa shape index (κ1) is 9.01.